The Kier molecular flexibility index (Phi) is 2.53. The summed E-state index contributed by atoms with van der Waals surface area (Å²) in [6, 6.07) is 6.43. The van der Waals surface area contributed by atoms with Crippen LogP contribution in [0.25, 0.3) is 11.0 Å². The van der Waals surface area contributed by atoms with Crippen LogP contribution in [0.5, 0.6) is 0 Å². The van der Waals surface area contributed by atoms with Gasteiger partial charge in [0.15, 0.2) is 0 Å². The number of nitrogens with two attached hydrogens (primary N) is 1. The molecule has 0 saturated heterocycles. The molecule has 0 spiro atoms. The third-order valence-corrected chi connectivity index (χ3v) is 2.83. The molecule has 0 fully saturated rings. The molecule has 2 nitrogen and oxygen atoms in total. The molecule has 1 aromatic carbocycles. The summed E-state index contributed by atoms with van der Waals surface area (Å²) in [6.45, 7) is 6.11. The maximum absolute atomic E-state index is 5.82. The van der Waals surface area contributed by atoms with Crippen molar-refractivity contribution >= 4 is 11.0 Å². The summed E-state index contributed by atoms with van der Waals surface area (Å²) in [7, 11) is 0. The molecule has 0 aliphatic rings. The predicted octanol–water partition coefficient (Wildman–Crippen LogP) is 2.94. The lowest BCUT2D eigenvalue weighted by atomic mass is 10.0. The molecule has 2 rings (SSSR count). The highest BCUT2D eigenvalue weighted by Crippen LogP contribution is 2.27. The van der Waals surface area contributed by atoms with Crippen molar-refractivity contribution in [3.63, 3.8) is 0 Å². The molecule has 80 valence electrons. The number of aryl methyl sites for hydroxylation is 2. The van der Waals surface area contributed by atoms with Gasteiger partial charge < -0.3 is 10.2 Å². The molecular weight excluding hydrogens is 186 g/mol. The van der Waals surface area contributed by atoms with Gasteiger partial charge in [0, 0.05) is 11.4 Å². The monoisotopic (exact) mass is 203 g/mol. The highest BCUT2D eigenvalue weighted by molar-refractivity contribution is 5.84. The van der Waals surface area contributed by atoms with Crippen LogP contribution in [0, 0.1) is 13.8 Å². The van der Waals surface area contributed by atoms with E-state index in [1.807, 2.05) is 13.8 Å². The molecule has 2 heteroatoms. The minimum absolute atomic E-state index is 0.168. The van der Waals surface area contributed by atoms with Gasteiger partial charge in [-0.3, -0.25) is 0 Å². The standard InChI is InChI=1S/C13H17NO/c1-8(14)7-11-5-4-6-12-9(2)10(3)15-13(11)12/h4-6,8H,7,14H2,1-3H3. The van der Waals surface area contributed by atoms with Crippen molar-refractivity contribution in [2.75, 3.05) is 0 Å². The quantitative estimate of drug-likeness (QED) is 0.815. The molecule has 0 radical (unpaired) electrons. The molecule has 1 aromatic heterocycles. The Morgan fingerprint density at radius 2 is 2.07 bits per heavy atom. The third-order valence-electron chi connectivity index (χ3n) is 2.83. The van der Waals surface area contributed by atoms with Crippen molar-refractivity contribution in [3.05, 3.63) is 35.1 Å². The van der Waals surface area contributed by atoms with Gasteiger partial charge in [0.2, 0.25) is 0 Å². The van der Waals surface area contributed by atoms with E-state index in [0.717, 1.165) is 17.8 Å². The SMILES string of the molecule is Cc1oc2c(CC(C)N)cccc2c1C. The van der Waals surface area contributed by atoms with Crippen LogP contribution in [0.15, 0.2) is 22.6 Å². The van der Waals surface area contributed by atoms with E-state index >= 15 is 0 Å². The van der Waals surface area contributed by atoms with Crippen molar-refractivity contribution in [2.24, 2.45) is 5.73 Å². The highest BCUT2D eigenvalue weighted by atomic mass is 16.3. The summed E-state index contributed by atoms with van der Waals surface area (Å²) in [4.78, 5) is 0. The van der Waals surface area contributed by atoms with E-state index < -0.39 is 0 Å². The average molecular weight is 203 g/mol. The Morgan fingerprint density at radius 1 is 1.33 bits per heavy atom. The lowest BCUT2D eigenvalue weighted by Crippen LogP contribution is -2.17. The van der Waals surface area contributed by atoms with Crippen LogP contribution in [0.2, 0.25) is 0 Å². The van der Waals surface area contributed by atoms with Crippen LogP contribution in [0.3, 0.4) is 0 Å². The summed E-state index contributed by atoms with van der Waals surface area (Å²) < 4.78 is 5.78. The summed E-state index contributed by atoms with van der Waals surface area (Å²) >= 11 is 0. The third kappa shape index (κ3) is 1.77. The van der Waals surface area contributed by atoms with E-state index in [1.54, 1.807) is 0 Å². The summed E-state index contributed by atoms with van der Waals surface area (Å²) in [5.41, 5.74) is 9.26. The Balaban J connectivity index is 2.61. The zero-order valence-electron chi connectivity index (χ0n) is 9.50. The van der Waals surface area contributed by atoms with Gasteiger partial charge in [0.25, 0.3) is 0 Å². The molecule has 1 atom stereocenters. The zero-order chi connectivity index (χ0) is 11.0. The predicted molar refractivity (Wildman–Crippen MR) is 63.0 cm³/mol. The fourth-order valence-electron chi connectivity index (χ4n) is 1.93. The normalized spacial score (nSPS) is 13.3. The lowest BCUT2D eigenvalue weighted by Gasteiger charge is -2.05. The van der Waals surface area contributed by atoms with Gasteiger partial charge >= 0.3 is 0 Å². The fourth-order valence-corrected chi connectivity index (χ4v) is 1.93. The molecule has 0 aliphatic heterocycles. The largest absolute Gasteiger partial charge is 0.461 e. The van der Waals surface area contributed by atoms with E-state index in [-0.39, 0.29) is 6.04 Å². The molecule has 1 unspecified atom stereocenters. The minimum Gasteiger partial charge on any atom is -0.461 e. The van der Waals surface area contributed by atoms with Gasteiger partial charge in [-0.2, -0.15) is 0 Å². The highest BCUT2D eigenvalue weighted by Gasteiger charge is 2.11. The molecular formula is C13H17NO. The zero-order valence-corrected chi connectivity index (χ0v) is 9.50. The van der Waals surface area contributed by atoms with E-state index in [2.05, 4.69) is 25.1 Å². The van der Waals surface area contributed by atoms with Crippen LogP contribution in [0.4, 0.5) is 0 Å². The van der Waals surface area contributed by atoms with Gasteiger partial charge in [0.05, 0.1) is 0 Å². The van der Waals surface area contributed by atoms with Crippen molar-refractivity contribution in [1.82, 2.24) is 0 Å². The molecule has 0 saturated carbocycles. The molecule has 0 bridgehead atoms. The van der Waals surface area contributed by atoms with Crippen LogP contribution in [-0.4, -0.2) is 6.04 Å². The molecule has 0 aliphatic carbocycles. The van der Waals surface area contributed by atoms with Gasteiger partial charge in [-0.25, -0.2) is 0 Å². The van der Waals surface area contributed by atoms with Crippen LogP contribution < -0.4 is 5.73 Å². The Hall–Kier alpha value is -1.28. The van der Waals surface area contributed by atoms with Crippen LogP contribution in [0.1, 0.15) is 23.8 Å². The number of benzene rings is 1. The molecule has 1 heterocycles. The fraction of sp³-hybridized carbons (Fsp3) is 0.385. The molecule has 0 amide bonds. The second kappa shape index (κ2) is 3.70. The maximum Gasteiger partial charge on any atom is 0.137 e. The number of hydrogen-bond donors (Lipinski definition) is 1. The van der Waals surface area contributed by atoms with E-state index in [0.29, 0.717) is 0 Å². The first-order valence-corrected chi connectivity index (χ1v) is 5.32. The Labute approximate surface area is 90.1 Å². The van der Waals surface area contributed by atoms with E-state index in [4.69, 9.17) is 10.2 Å². The molecule has 15 heavy (non-hydrogen) atoms. The molecule has 2 aromatic rings. The van der Waals surface area contributed by atoms with E-state index in [1.165, 1.54) is 16.5 Å². The summed E-state index contributed by atoms with van der Waals surface area (Å²) in [5.74, 6) is 1.00. The minimum atomic E-state index is 0.168. The second-order valence-electron chi connectivity index (χ2n) is 4.26. The number of fused-ring (bicyclic) bond motifs is 1. The van der Waals surface area contributed by atoms with Gasteiger partial charge in [-0.05, 0) is 38.3 Å². The van der Waals surface area contributed by atoms with Crippen molar-refractivity contribution in [2.45, 2.75) is 33.2 Å². The molecule has 2 N–H and O–H groups in total. The lowest BCUT2D eigenvalue weighted by molar-refractivity contribution is 0.568. The van der Waals surface area contributed by atoms with Gasteiger partial charge in [-0.1, -0.05) is 18.2 Å². The topological polar surface area (TPSA) is 39.2 Å². The second-order valence-corrected chi connectivity index (χ2v) is 4.26. The van der Waals surface area contributed by atoms with Crippen LogP contribution >= 0.6 is 0 Å². The average Bonchev–Trinajstić information content (AvgIpc) is 2.45. The van der Waals surface area contributed by atoms with Gasteiger partial charge in [0.1, 0.15) is 11.3 Å². The number of rotatable bonds is 2. The van der Waals surface area contributed by atoms with Gasteiger partial charge in [-0.15, -0.1) is 0 Å². The smallest absolute Gasteiger partial charge is 0.137 e. The summed E-state index contributed by atoms with van der Waals surface area (Å²) in [6.07, 6.45) is 0.865. The van der Waals surface area contributed by atoms with Crippen molar-refractivity contribution in [1.29, 1.82) is 0 Å². The first-order valence-electron chi connectivity index (χ1n) is 5.32. The first-order chi connectivity index (χ1) is 7.09. The van der Waals surface area contributed by atoms with Crippen molar-refractivity contribution < 1.29 is 4.42 Å². The van der Waals surface area contributed by atoms with Crippen LogP contribution in [-0.2, 0) is 6.42 Å². The Bertz CT molecular complexity index is 482. The maximum atomic E-state index is 5.82. The number of furan rings is 1. The number of para-hydroxylation sites is 1. The summed E-state index contributed by atoms with van der Waals surface area (Å²) in [5, 5.41) is 1.21. The van der Waals surface area contributed by atoms with E-state index in [9.17, 15) is 0 Å². The Morgan fingerprint density at radius 3 is 2.73 bits per heavy atom. The number of hydrogen-bond acceptors (Lipinski definition) is 2. The van der Waals surface area contributed by atoms with Crippen molar-refractivity contribution in [3.8, 4) is 0 Å². The first kappa shape index (κ1) is 10.2.